The lowest BCUT2D eigenvalue weighted by Crippen LogP contribution is -2.14. The zero-order valence-electron chi connectivity index (χ0n) is 15.9. The van der Waals surface area contributed by atoms with E-state index in [0.717, 1.165) is 5.56 Å². The molecule has 3 rings (SSSR count). The summed E-state index contributed by atoms with van der Waals surface area (Å²) >= 11 is 0. The number of hydrogen-bond acceptors (Lipinski definition) is 4. The van der Waals surface area contributed by atoms with Crippen LogP contribution in [0, 0.1) is 20.8 Å². The number of nitrogens with one attached hydrogen (secondary N) is 1. The van der Waals surface area contributed by atoms with Crippen molar-refractivity contribution < 1.29 is 17.4 Å². The third kappa shape index (κ3) is 4.40. The van der Waals surface area contributed by atoms with Crippen molar-refractivity contribution in [3.8, 4) is 5.75 Å². The molecule has 0 aliphatic rings. The van der Waals surface area contributed by atoms with Crippen molar-refractivity contribution in [3.05, 3.63) is 89.0 Å². The van der Waals surface area contributed by atoms with Gasteiger partial charge in [0.15, 0.2) is 0 Å². The van der Waals surface area contributed by atoms with E-state index in [1.807, 2.05) is 13.0 Å². The van der Waals surface area contributed by atoms with Gasteiger partial charge in [0.1, 0.15) is 10.6 Å². The van der Waals surface area contributed by atoms with Crippen LogP contribution in [0.3, 0.4) is 0 Å². The van der Waals surface area contributed by atoms with E-state index in [-0.39, 0.29) is 16.6 Å². The first-order valence-corrected chi connectivity index (χ1v) is 10.2. The molecule has 3 aromatic rings. The van der Waals surface area contributed by atoms with E-state index in [1.165, 1.54) is 12.1 Å². The quantitative estimate of drug-likeness (QED) is 0.639. The van der Waals surface area contributed by atoms with Gasteiger partial charge >= 0.3 is 10.1 Å². The molecule has 3 aromatic carbocycles. The van der Waals surface area contributed by atoms with E-state index in [4.69, 9.17) is 4.18 Å². The topological polar surface area (TPSA) is 72.5 Å². The number of hydrogen-bond donors (Lipinski definition) is 1. The maximum absolute atomic E-state index is 12.5. The smallest absolute Gasteiger partial charge is 0.339 e. The van der Waals surface area contributed by atoms with Crippen LogP contribution in [0.25, 0.3) is 0 Å². The minimum Gasteiger partial charge on any atom is -0.379 e. The maximum atomic E-state index is 12.5. The zero-order valence-corrected chi connectivity index (χ0v) is 16.7. The Hall–Kier alpha value is -3.12. The van der Waals surface area contributed by atoms with Gasteiger partial charge in [-0.25, -0.2) is 0 Å². The number of carbonyl (C=O) groups is 1. The molecule has 1 N–H and O–H groups in total. The van der Waals surface area contributed by atoms with Gasteiger partial charge in [-0.3, -0.25) is 4.79 Å². The SMILES string of the molecule is Cc1ccc(S(=O)(=O)Oc2cc(C)c(NC(=O)c3ccccc3)cc2C)cc1. The Labute approximate surface area is 165 Å². The number of rotatable bonds is 5. The summed E-state index contributed by atoms with van der Waals surface area (Å²) in [6.45, 7) is 5.40. The largest absolute Gasteiger partial charge is 0.379 e. The molecule has 0 radical (unpaired) electrons. The van der Waals surface area contributed by atoms with Crippen LogP contribution in [-0.2, 0) is 10.1 Å². The predicted octanol–water partition coefficient (Wildman–Crippen LogP) is 4.63. The van der Waals surface area contributed by atoms with Crippen LogP contribution in [-0.4, -0.2) is 14.3 Å². The van der Waals surface area contributed by atoms with Crippen molar-refractivity contribution in [1.29, 1.82) is 0 Å². The molecule has 5 nitrogen and oxygen atoms in total. The van der Waals surface area contributed by atoms with Gasteiger partial charge in [0.2, 0.25) is 0 Å². The molecule has 28 heavy (non-hydrogen) atoms. The van der Waals surface area contributed by atoms with Crippen molar-refractivity contribution in [2.75, 3.05) is 5.32 Å². The van der Waals surface area contributed by atoms with Crippen LogP contribution in [0.1, 0.15) is 27.0 Å². The van der Waals surface area contributed by atoms with Crippen LogP contribution < -0.4 is 9.50 Å². The average Bonchev–Trinajstić information content (AvgIpc) is 2.66. The highest BCUT2D eigenvalue weighted by molar-refractivity contribution is 7.87. The van der Waals surface area contributed by atoms with Crippen LogP contribution in [0.5, 0.6) is 5.75 Å². The lowest BCUT2D eigenvalue weighted by atomic mass is 10.1. The predicted molar refractivity (Wildman–Crippen MR) is 109 cm³/mol. The second-order valence-electron chi connectivity index (χ2n) is 6.60. The molecule has 0 unspecified atom stereocenters. The lowest BCUT2D eigenvalue weighted by molar-refractivity contribution is 0.102. The molecule has 0 bridgehead atoms. The van der Waals surface area contributed by atoms with E-state index < -0.39 is 10.1 Å². The summed E-state index contributed by atoms with van der Waals surface area (Å²) in [4.78, 5) is 12.5. The van der Waals surface area contributed by atoms with Gasteiger partial charge in [-0.1, -0.05) is 35.9 Å². The van der Waals surface area contributed by atoms with Gasteiger partial charge in [-0.15, -0.1) is 0 Å². The molecule has 0 aliphatic heterocycles. The van der Waals surface area contributed by atoms with Crippen molar-refractivity contribution in [2.45, 2.75) is 25.7 Å². The summed E-state index contributed by atoms with van der Waals surface area (Å²) < 4.78 is 30.4. The summed E-state index contributed by atoms with van der Waals surface area (Å²) in [6, 6.07) is 18.7. The van der Waals surface area contributed by atoms with E-state index in [0.29, 0.717) is 22.4 Å². The molecule has 6 heteroatoms. The lowest BCUT2D eigenvalue weighted by Gasteiger charge is -2.14. The summed E-state index contributed by atoms with van der Waals surface area (Å²) in [5.41, 5.74) is 3.41. The summed E-state index contributed by atoms with van der Waals surface area (Å²) in [5, 5.41) is 2.85. The van der Waals surface area contributed by atoms with Crippen LogP contribution in [0.2, 0.25) is 0 Å². The standard InChI is InChI=1S/C22H21NO4S/c1-15-9-11-19(12-10-15)28(25,26)27-21-14-16(2)20(13-17(21)3)23-22(24)18-7-5-4-6-8-18/h4-14H,1-3H3,(H,23,24). The third-order valence-electron chi connectivity index (χ3n) is 4.32. The van der Waals surface area contributed by atoms with Crippen LogP contribution in [0.15, 0.2) is 71.6 Å². The monoisotopic (exact) mass is 395 g/mol. The molecule has 0 heterocycles. The number of anilines is 1. The summed E-state index contributed by atoms with van der Waals surface area (Å²) in [7, 11) is -3.94. The minimum atomic E-state index is -3.94. The highest BCUT2D eigenvalue weighted by atomic mass is 32.2. The zero-order chi connectivity index (χ0) is 20.3. The first-order valence-electron chi connectivity index (χ1n) is 8.75. The number of benzene rings is 3. The molecule has 1 amide bonds. The van der Waals surface area contributed by atoms with Crippen molar-refractivity contribution in [1.82, 2.24) is 0 Å². The Bertz CT molecular complexity index is 1110. The third-order valence-corrected chi connectivity index (χ3v) is 5.56. The Kier molecular flexibility index (Phi) is 5.51. The molecular weight excluding hydrogens is 374 g/mol. The first-order chi connectivity index (χ1) is 13.3. The highest BCUT2D eigenvalue weighted by Crippen LogP contribution is 2.29. The summed E-state index contributed by atoms with van der Waals surface area (Å²) in [5.74, 6) is -0.000157. The highest BCUT2D eigenvalue weighted by Gasteiger charge is 2.19. The summed E-state index contributed by atoms with van der Waals surface area (Å²) in [6.07, 6.45) is 0. The van der Waals surface area contributed by atoms with Gasteiger partial charge < -0.3 is 9.50 Å². The van der Waals surface area contributed by atoms with Crippen molar-refractivity contribution >= 4 is 21.7 Å². The Morgan fingerprint density at radius 2 is 1.50 bits per heavy atom. The molecule has 144 valence electrons. The van der Waals surface area contributed by atoms with E-state index in [9.17, 15) is 13.2 Å². The molecular formula is C22H21NO4S. The van der Waals surface area contributed by atoms with Crippen LogP contribution in [0.4, 0.5) is 5.69 Å². The normalized spacial score (nSPS) is 11.1. The molecule has 0 saturated carbocycles. The molecule has 0 spiro atoms. The van der Waals surface area contributed by atoms with Gasteiger partial charge in [-0.05, 0) is 68.3 Å². The second kappa shape index (κ2) is 7.86. The Balaban J connectivity index is 1.84. The molecule has 0 atom stereocenters. The molecule has 0 fully saturated rings. The molecule has 0 saturated heterocycles. The fraction of sp³-hybridized carbons (Fsp3) is 0.136. The Morgan fingerprint density at radius 3 is 2.14 bits per heavy atom. The van der Waals surface area contributed by atoms with E-state index in [1.54, 1.807) is 62.4 Å². The van der Waals surface area contributed by atoms with Gasteiger partial charge in [0.05, 0.1) is 0 Å². The van der Waals surface area contributed by atoms with E-state index in [2.05, 4.69) is 5.32 Å². The van der Waals surface area contributed by atoms with Crippen LogP contribution >= 0.6 is 0 Å². The fourth-order valence-electron chi connectivity index (χ4n) is 2.67. The van der Waals surface area contributed by atoms with Gasteiger partial charge in [0, 0.05) is 11.3 Å². The van der Waals surface area contributed by atoms with Gasteiger partial charge in [-0.2, -0.15) is 8.42 Å². The molecule has 0 aliphatic carbocycles. The van der Waals surface area contributed by atoms with Gasteiger partial charge in [0.25, 0.3) is 5.91 Å². The van der Waals surface area contributed by atoms with E-state index >= 15 is 0 Å². The average molecular weight is 395 g/mol. The number of carbonyl (C=O) groups excluding carboxylic acids is 1. The fourth-order valence-corrected chi connectivity index (χ4v) is 3.65. The molecule has 0 aromatic heterocycles. The van der Waals surface area contributed by atoms with Crippen molar-refractivity contribution in [2.24, 2.45) is 0 Å². The Morgan fingerprint density at radius 1 is 0.857 bits per heavy atom. The first kappa shape index (κ1) is 19.6. The minimum absolute atomic E-state index is 0.0941. The number of amides is 1. The van der Waals surface area contributed by atoms with Crippen molar-refractivity contribution in [3.63, 3.8) is 0 Å². The second-order valence-corrected chi connectivity index (χ2v) is 8.15. The maximum Gasteiger partial charge on any atom is 0.339 e. The number of aryl methyl sites for hydroxylation is 3.